The molecule has 0 aliphatic rings. The Morgan fingerprint density at radius 1 is 1.16 bits per heavy atom. The Bertz CT molecular complexity index is 393. The molecule has 0 aliphatic carbocycles. The molecule has 0 saturated carbocycles. The van der Waals surface area contributed by atoms with Crippen LogP contribution >= 0.6 is 11.8 Å². The quantitative estimate of drug-likeness (QED) is 0.601. The lowest BCUT2D eigenvalue weighted by Crippen LogP contribution is -2.16. The molecule has 19 heavy (non-hydrogen) atoms. The van der Waals surface area contributed by atoms with Gasteiger partial charge in [-0.1, -0.05) is 0 Å². The van der Waals surface area contributed by atoms with Gasteiger partial charge in [0.15, 0.2) is 0 Å². The molecule has 1 aromatic carbocycles. The van der Waals surface area contributed by atoms with Crippen LogP contribution in [0, 0.1) is 5.82 Å². The van der Waals surface area contributed by atoms with E-state index in [1.165, 1.54) is 0 Å². The van der Waals surface area contributed by atoms with Crippen molar-refractivity contribution in [1.82, 2.24) is 5.32 Å². The Balaban J connectivity index is 2.48. The molecule has 108 valence electrons. The van der Waals surface area contributed by atoms with Crippen molar-refractivity contribution in [2.45, 2.75) is 25.6 Å². The molecule has 0 unspecified atom stereocenters. The Hall–Kier alpha value is -0.750. The summed E-state index contributed by atoms with van der Waals surface area (Å²) in [4.78, 5) is 0. The Kier molecular flexibility index (Phi) is 6.65. The number of nitrogens with one attached hydrogen (secondary N) is 1. The number of unbranched alkanes of at least 4 members (excludes halogenated alkanes) is 1. The fourth-order valence-corrected chi connectivity index (χ4v) is 2.14. The van der Waals surface area contributed by atoms with E-state index in [0.29, 0.717) is 11.6 Å². The van der Waals surface area contributed by atoms with Crippen molar-refractivity contribution >= 4 is 11.8 Å². The third-order valence-electron chi connectivity index (χ3n) is 2.57. The van der Waals surface area contributed by atoms with Crippen molar-refractivity contribution in [3.05, 3.63) is 35.1 Å². The number of rotatable bonds is 7. The second-order valence-electron chi connectivity index (χ2n) is 4.22. The fourth-order valence-electron chi connectivity index (χ4n) is 1.65. The highest BCUT2D eigenvalue weighted by Gasteiger charge is 2.31. The maximum atomic E-state index is 13.1. The molecule has 1 N–H and O–H groups in total. The van der Waals surface area contributed by atoms with Crippen LogP contribution in [0.25, 0.3) is 0 Å². The Morgan fingerprint density at radius 3 is 2.53 bits per heavy atom. The molecule has 1 aromatic rings. The Labute approximate surface area is 114 Å². The molecule has 0 bridgehead atoms. The van der Waals surface area contributed by atoms with Gasteiger partial charge in [-0.05, 0) is 55.2 Å². The number of hydrogen-bond donors (Lipinski definition) is 1. The summed E-state index contributed by atoms with van der Waals surface area (Å²) in [6.07, 6.45) is -0.457. The summed E-state index contributed by atoms with van der Waals surface area (Å²) in [7, 11) is 0. The summed E-state index contributed by atoms with van der Waals surface area (Å²) in [5, 5.41) is 3.02. The van der Waals surface area contributed by atoms with Gasteiger partial charge in [0.05, 0.1) is 5.56 Å². The molecule has 0 atom stereocenters. The van der Waals surface area contributed by atoms with E-state index in [1.807, 2.05) is 6.26 Å². The summed E-state index contributed by atoms with van der Waals surface area (Å²) in [5.41, 5.74) is -0.621. The summed E-state index contributed by atoms with van der Waals surface area (Å²) < 4.78 is 50.6. The number of halogens is 4. The van der Waals surface area contributed by atoms with Crippen LogP contribution in [-0.4, -0.2) is 18.6 Å². The van der Waals surface area contributed by atoms with Crippen molar-refractivity contribution in [3.8, 4) is 0 Å². The summed E-state index contributed by atoms with van der Waals surface area (Å²) in [6.45, 7) is 0.971. The van der Waals surface area contributed by atoms with E-state index in [4.69, 9.17) is 0 Å². The van der Waals surface area contributed by atoms with Gasteiger partial charge in [-0.3, -0.25) is 0 Å². The zero-order valence-corrected chi connectivity index (χ0v) is 11.5. The first-order chi connectivity index (χ1) is 8.93. The highest BCUT2D eigenvalue weighted by atomic mass is 32.2. The zero-order valence-electron chi connectivity index (χ0n) is 10.7. The van der Waals surface area contributed by atoms with Gasteiger partial charge in [0, 0.05) is 6.54 Å². The predicted octanol–water partition coefficient (Wildman–Crippen LogP) is 4.08. The minimum Gasteiger partial charge on any atom is -0.313 e. The van der Waals surface area contributed by atoms with Gasteiger partial charge in [0.1, 0.15) is 5.82 Å². The lowest BCUT2D eigenvalue weighted by atomic mass is 10.1. The monoisotopic (exact) mass is 295 g/mol. The van der Waals surface area contributed by atoms with Crippen LogP contribution in [-0.2, 0) is 12.7 Å². The number of benzene rings is 1. The van der Waals surface area contributed by atoms with Crippen molar-refractivity contribution in [2.24, 2.45) is 0 Å². The number of thioether (sulfide) groups is 1. The van der Waals surface area contributed by atoms with Crippen molar-refractivity contribution in [3.63, 3.8) is 0 Å². The SMILES string of the molecule is CSCCCCNCc1cc(F)cc(C(F)(F)F)c1. The van der Waals surface area contributed by atoms with Crippen LogP contribution in [0.4, 0.5) is 17.6 Å². The molecule has 0 heterocycles. The predicted molar refractivity (Wildman–Crippen MR) is 70.7 cm³/mol. The first-order valence-electron chi connectivity index (χ1n) is 6.00. The van der Waals surface area contributed by atoms with Crippen LogP contribution in [0.3, 0.4) is 0 Å². The minimum atomic E-state index is -4.50. The molecule has 0 fully saturated rings. The van der Waals surface area contributed by atoms with E-state index in [9.17, 15) is 17.6 Å². The molecular formula is C13H17F4NS. The maximum absolute atomic E-state index is 13.1. The van der Waals surface area contributed by atoms with E-state index in [2.05, 4.69) is 5.32 Å². The van der Waals surface area contributed by atoms with Crippen molar-refractivity contribution in [2.75, 3.05) is 18.6 Å². The molecule has 0 aliphatic heterocycles. The molecule has 0 aromatic heterocycles. The standard InChI is InChI=1S/C13H17F4NS/c1-19-5-3-2-4-18-9-10-6-11(13(15,16)17)8-12(14)7-10/h6-8,18H,2-5,9H2,1H3. The number of hydrogen-bond acceptors (Lipinski definition) is 2. The van der Waals surface area contributed by atoms with Crippen molar-refractivity contribution < 1.29 is 17.6 Å². The lowest BCUT2D eigenvalue weighted by molar-refractivity contribution is -0.137. The molecule has 6 heteroatoms. The van der Waals surface area contributed by atoms with Crippen LogP contribution in [0.5, 0.6) is 0 Å². The average Bonchev–Trinajstić information content (AvgIpc) is 2.32. The second-order valence-corrected chi connectivity index (χ2v) is 5.21. The lowest BCUT2D eigenvalue weighted by Gasteiger charge is -2.10. The highest BCUT2D eigenvalue weighted by molar-refractivity contribution is 7.98. The molecule has 0 saturated heterocycles. The fraction of sp³-hybridized carbons (Fsp3) is 0.538. The third kappa shape index (κ3) is 6.29. The van der Waals surface area contributed by atoms with Crippen molar-refractivity contribution in [1.29, 1.82) is 0 Å². The molecule has 0 spiro atoms. The maximum Gasteiger partial charge on any atom is 0.416 e. The van der Waals surface area contributed by atoms with E-state index in [0.717, 1.165) is 37.3 Å². The molecule has 0 amide bonds. The second kappa shape index (κ2) is 7.75. The van der Waals surface area contributed by atoms with E-state index < -0.39 is 17.6 Å². The summed E-state index contributed by atoms with van der Waals surface area (Å²) in [5.74, 6) is 0.217. The topological polar surface area (TPSA) is 12.0 Å². The smallest absolute Gasteiger partial charge is 0.313 e. The normalized spacial score (nSPS) is 11.8. The van der Waals surface area contributed by atoms with Crippen LogP contribution in [0.2, 0.25) is 0 Å². The largest absolute Gasteiger partial charge is 0.416 e. The van der Waals surface area contributed by atoms with Gasteiger partial charge in [0.25, 0.3) is 0 Å². The molecule has 1 rings (SSSR count). The first-order valence-corrected chi connectivity index (χ1v) is 7.39. The van der Waals surface area contributed by atoms with Gasteiger partial charge >= 0.3 is 6.18 Å². The van der Waals surface area contributed by atoms with Crippen LogP contribution < -0.4 is 5.32 Å². The molecule has 1 nitrogen and oxygen atoms in total. The number of alkyl halides is 3. The van der Waals surface area contributed by atoms with Gasteiger partial charge in [-0.2, -0.15) is 24.9 Å². The van der Waals surface area contributed by atoms with E-state index >= 15 is 0 Å². The molecule has 0 radical (unpaired) electrons. The van der Waals surface area contributed by atoms with Gasteiger partial charge in [-0.15, -0.1) is 0 Å². The minimum absolute atomic E-state index is 0.250. The van der Waals surface area contributed by atoms with Gasteiger partial charge in [0.2, 0.25) is 0 Å². The highest BCUT2D eigenvalue weighted by Crippen LogP contribution is 2.30. The van der Waals surface area contributed by atoms with Crippen LogP contribution in [0.15, 0.2) is 18.2 Å². The Morgan fingerprint density at radius 2 is 1.89 bits per heavy atom. The van der Waals surface area contributed by atoms with E-state index in [-0.39, 0.29) is 6.54 Å². The van der Waals surface area contributed by atoms with E-state index in [1.54, 1.807) is 11.8 Å². The van der Waals surface area contributed by atoms with Gasteiger partial charge in [-0.25, -0.2) is 4.39 Å². The average molecular weight is 295 g/mol. The van der Waals surface area contributed by atoms with Gasteiger partial charge < -0.3 is 5.32 Å². The first kappa shape index (κ1) is 16.3. The van der Waals surface area contributed by atoms with Crippen LogP contribution in [0.1, 0.15) is 24.0 Å². The summed E-state index contributed by atoms with van der Waals surface area (Å²) in [6, 6.07) is 2.63. The third-order valence-corrected chi connectivity index (χ3v) is 3.26. The summed E-state index contributed by atoms with van der Waals surface area (Å²) >= 11 is 1.76. The zero-order chi connectivity index (χ0) is 14.3. The molecular weight excluding hydrogens is 278 g/mol.